The predicted octanol–water partition coefficient (Wildman–Crippen LogP) is 5.52. The zero-order valence-corrected chi connectivity index (χ0v) is 19.4. The molecule has 0 radical (unpaired) electrons. The number of hydrogen-bond acceptors (Lipinski definition) is 5. The monoisotopic (exact) mass is 493 g/mol. The summed E-state index contributed by atoms with van der Waals surface area (Å²) < 4.78 is 2.96. The Kier molecular flexibility index (Phi) is 6.48. The number of rotatable bonds is 6. The fourth-order valence-electron chi connectivity index (χ4n) is 3.05. The van der Waals surface area contributed by atoms with E-state index in [9.17, 15) is 4.79 Å². The Bertz CT molecular complexity index is 1190. The number of nitrogens with zero attached hydrogens (tertiary/aromatic N) is 4. The van der Waals surface area contributed by atoms with Crippen LogP contribution in [0.4, 0.5) is 5.69 Å². The summed E-state index contributed by atoms with van der Waals surface area (Å²) in [5.74, 6) is 0.608. The van der Waals surface area contributed by atoms with E-state index < -0.39 is 0 Å². The lowest BCUT2D eigenvalue weighted by molar-refractivity contribution is -0.115. The molecule has 156 valence electrons. The normalized spacial score (nSPS) is 11.8. The van der Waals surface area contributed by atoms with Gasteiger partial charge in [0.1, 0.15) is 0 Å². The first-order chi connectivity index (χ1) is 15.0. The molecule has 2 heterocycles. The van der Waals surface area contributed by atoms with Crippen molar-refractivity contribution in [2.24, 2.45) is 0 Å². The van der Waals surface area contributed by atoms with E-state index in [-0.39, 0.29) is 11.2 Å². The van der Waals surface area contributed by atoms with Gasteiger partial charge in [0.15, 0.2) is 11.0 Å². The van der Waals surface area contributed by atoms with E-state index in [4.69, 9.17) is 0 Å². The highest BCUT2D eigenvalue weighted by Crippen LogP contribution is 2.31. The number of hydrogen-bond donors (Lipinski definition) is 1. The molecule has 4 aromatic rings. The van der Waals surface area contributed by atoms with Gasteiger partial charge >= 0.3 is 0 Å². The topological polar surface area (TPSA) is 72.7 Å². The van der Waals surface area contributed by atoms with Crippen molar-refractivity contribution in [3.63, 3.8) is 0 Å². The average Bonchev–Trinajstić information content (AvgIpc) is 3.19. The van der Waals surface area contributed by atoms with Crippen molar-refractivity contribution < 1.29 is 4.79 Å². The van der Waals surface area contributed by atoms with Gasteiger partial charge in [0.25, 0.3) is 0 Å². The standard InChI is InChI=1S/C23H20BrN5OS/c1-15-5-3-4-6-20(15)29-21(17-11-13-25-14-12-17)27-28-23(29)31-16(2)22(30)26-19-9-7-18(24)8-10-19/h3-14,16H,1-2H3,(H,26,30)/t16-/m1/s1. The Morgan fingerprint density at radius 2 is 1.74 bits per heavy atom. The van der Waals surface area contributed by atoms with Crippen LogP contribution >= 0.6 is 27.7 Å². The van der Waals surface area contributed by atoms with Crippen LogP contribution in [0.3, 0.4) is 0 Å². The first-order valence-corrected chi connectivity index (χ1v) is 11.3. The summed E-state index contributed by atoms with van der Waals surface area (Å²) in [7, 11) is 0. The lowest BCUT2D eigenvalue weighted by Gasteiger charge is -2.15. The second-order valence-electron chi connectivity index (χ2n) is 6.92. The van der Waals surface area contributed by atoms with Crippen molar-refractivity contribution in [3.05, 3.63) is 83.1 Å². The van der Waals surface area contributed by atoms with E-state index >= 15 is 0 Å². The number of aromatic nitrogens is 4. The molecule has 0 saturated heterocycles. The molecule has 6 nitrogen and oxygen atoms in total. The molecule has 0 fully saturated rings. The van der Waals surface area contributed by atoms with Crippen LogP contribution in [0.2, 0.25) is 0 Å². The third kappa shape index (κ3) is 4.86. The molecule has 0 aliphatic rings. The van der Waals surface area contributed by atoms with Gasteiger partial charge in [-0.3, -0.25) is 14.3 Å². The van der Waals surface area contributed by atoms with Crippen LogP contribution in [0, 0.1) is 6.92 Å². The molecule has 0 bridgehead atoms. The maximum Gasteiger partial charge on any atom is 0.237 e. The van der Waals surface area contributed by atoms with E-state index in [2.05, 4.69) is 36.4 Å². The Hall–Kier alpha value is -2.97. The van der Waals surface area contributed by atoms with Gasteiger partial charge < -0.3 is 5.32 Å². The Labute approximate surface area is 193 Å². The zero-order valence-electron chi connectivity index (χ0n) is 17.0. The number of pyridine rings is 1. The molecule has 1 amide bonds. The lowest BCUT2D eigenvalue weighted by atomic mass is 10.2. The van der Waals surface area contributed by atoms with Crippen molar-refractivity contribution in [2.75, 3.05) is 5.32 Å². The maximum absolute atomic E-state index is 12.8. The van der Waals surface area contributed by atoms with Crippen LogP contribution in [0.5, 0.6) is 0 Å². The van der Waals surface area contributed by atoms with Crippen LogP contribution < -0.4 is 5.32 Å². The van der Waals surface area contributed by atoms with Crippen molar-refractivity contribution in [2.45, 2.75) is 24.3 Å². The van der Waals surface area contributed by atoms with Crippen molar-refractivity contribution in [3.8, 4) is 17.1 Å². The molecule has 1 atom stereocenters. The van der Waals surface area contributed by atoms with Crippen LogP contribution in [0.15, 0.2) is 82.7 Å². The summed E-state index contributed by atoms with van der Waals surface area (Å²) in [6.45, 7) is 3.91. The summed E-state index contributed by atoms with van der Waals surface area (Å²) in [5.41, 5.74) is 3.72. The summed E-state index contributed by atoms with van der Waals surface area (Å²) >= 11 is 4.78. The minimum atomic E-state index is -0.374. The maximum atomic E-state index is 12.8. The number of nitrogens with one attached hydrogen (secondary N) is 1. The molecule has 1 N–H and O–H groups in total. The molecule has 0 aliphatic carbocycles. The second kappa shape index (κ2) is 9.45. The van der Waals surface area contributed by atoms with Crippen LogP contribution in [-0.4, -0.2) is 30.9 Å². The highest BCUT2D eigenvalue weighted by Gasteiger charge is 2.22. The van der Waals surface area contributed by atoms with E-state index in [1.807, 2.05) is 79.1 Å². The van der Waals surface area contributed by atoms with Gasteiger partial charge in [-0.2, -0.15) is 0 Å². The minimum Gasteiger partial charge on any atom is -0.325 e. The van der Waals surface area contributed by atoms with E-state index in [0.29, 0.717) is 11.0 Å². The Balaban J connectivity index is 1.65. The highest BCUT2D eigenvalue weighted by atomic mass is 79.9. The number of thioether (sulfide) groups is 1. The number of halogens is 1. The summed E-state index contributed by atoms with van der Waals surface area (Å²) in [4.78, 5) is 16.9. The predicted molar refractivity (Wildman–Crippen MR) is 127 cm³/mol. The quantitative estimate of drug-likeness (QED) is 0.358. The van der Waals surface area contributed by atoms with E-state index in [1.54, 1.807) is 12.4 Å². The van der Waals surface area contributed by atoms with Gasteiger partial charge in [-0.25, -0.2) is 0 Å². The number of aryl methyl sites for hydroxylation is 1. The second-order valence-corrected chi connectivity index (χ2v) is 9.14. The zero-order chi connectivity index (χ0) is 21.8. The van der Waals surface area contributed by atoms with Gasteiger partial charge in [0.05, 0.1) is 10.9 Å². The first-order valence-electron chi connectivity index (χ1n) is 9.68. The van der Waals surface area contributed by atoms with Gasteiger partial charge in [0, 0.05) is 28.1 Å². The van der Waals surface area contributed by atoms with Gasteiger partial charge in [-0.1, -0.05) is 45.9 Å². The fourth-order valence-corrected chi connectivity index (χ4v) is 4.18. The number of carbonyl (C=O) groups is 1. The number of benzene rings is 2. The molecular formula is C23H20BrN5OS. The SMILES string of the molecule is Cc1ccccc1-n1c(S[C@H](C)C(=O)Nc2ccc(Br)cc2)nnc1-c1ccncc1. The number of carbonyl (C=O) groups excluding carboxylic acids is 1. The smallest absolute Gasteiger partial charge is 0.237 e. The van der Waals surface area contributed by atoms with Crippen molar-refractivity contribution >= 4 is 39.3 Å². The molecule has 2 aromatic heterocycles. The summed E-state index contributed by atoms with van der Waals surface area (Å²) in [5, 5.41) is 12.1. The average molecular weight is 494 g/mol. The molecule has 4 rings (SSSR count). The molecule has 0 saturated carbocycles. The third-order valence-corrected chi connectivity index (χ3v) is 6.26. The summed E-state index contributed by atoms with van der Waals surface area (Å²) in [6.07, 6.45) is 3.46. The lowest BCUT2D eigenvalue weighted by Crippen LogP contribution is -2.22. The van der Waals surface area contributed by atoms with Crippen molar-refractivity contribution in [1.82, 2.24) is 19.7 Å². The first kappa shape index (κ1) is 21.3. The van der Waals surface area contributed by atoms with Gasteiger partial charge in [0.2, 0.25) is 5.91 Å². The number of anilines is 1. The number of amides is 1. The van der Waals surface area contributed by atoms with Crippen LogP contribution in [0.25, 0.3) is 17.1 Å². The van der Waals surface area contributed by atoms with Crippen molar-refractivity contribution in [1.29, 1.82) is 0 Å². The largest absolute Gasteiger partial charge is 0.325 e. The Morgan fingerprint density at radius 3 is 2.45 bits per heavy atom. The molecule has 2 aromatic carbocycles. The van der Waals surface area contributed by atoms with Gasteiger partial charge in [-0.05, 0) is 61.9 Å². The Morgan fingerprint density at radius 1 is 1.03 bits per heavy atom. The summed E-state index contributed by atoms with van der Waals surface area (Å²) in [6, 6.07) is 19.4. The van der Waals surface area contributed by atoms with E-state index in [0.717, 1.165) is 27.0 Å². The fraction of sp³-hybridized carbons (Fsp3) is 0.130. The van der Waals surface area contributed by atoms with E-state index in [1.165, 1.54) is 11.8 Å². The molecule has 0 unspecified atom stereocenters. The molecular weight excluding hydrogens is 474 g/mol. The molecule has 31 heavy (non-hydrogen) atoms. The molecule has 0 spiro atoms. The number of para-hydroxylation sites is 1. The van der Waals surface area contributed by atoms with Crippen LogP contribution in [-0.2, 0) is 4.79 Å². The van der Waals surface area contributed by atoms with Gasteiger partial charge in [-0.15, -0.1) is 10.2 Å². The van der Waals surface area contributed by atoms with Crippen LogP contribution in [0.1, 0.15) is 12.5 Å². The minimum absolute atomic E-state index is 0.0999. The molecule has 0 aliphatic heterocycles. The highest BCUT2D eigenvalue weighted by molar-refractivity contribution is 9.10. The third-order valence-electron chi connectivity index (χ3n) is 4.69. The molecule has 8 heteroatoms.